The Bertz CT molecular complexity index is 279. The number of aliphatic hydroxyl groups excluding tert-OH is 1. The van der Waals surface area contributed by atoms with E-state index < -0.39 is 0 Å². The van der Waals surface area contributed by atoms with E-state index in [2.05, 4.69) is 24.1 Å². The Kier molecular flexibility index (Phi) is 2.54. The molecule has 3 fully saturated rings. The van der Waals surface area contributed by atoms with Gasteiger partial charge in [0, 0.05) is 24.0 Å². The Hall–Kier alpha value is -0.120. The highest BCUT2D eigenvalue weighted by Crippen LogP contribution is 2.41. The zero-order chi connectivity index (χ0) is 11.3. The van der Waals surface area contributed by atoms with Gasteiger partial charge in [-0.15, -0.1) is 0 Å². The summed E-state index contributed by atoms with van der Waals surface area (Å²) in [4.78, 5) is 2.59. The third-order valence-corrected chi connectivity index (χ3v) is 5.27. The molecule has 0 aromatic carbocycles. The van der Waals surface area contributed by atoms with Crippen molar-refractivity contribution in [2.45, 2.75) is 51.3 Å². The molecule has 5 atom stereocenters. The number of piperidine rings is 1. The molecule has 2 aliphatic heterocycles. The predicted molar refractivity (Wildman–Crippen MR) is 64.3 cm³/mol. The SMILES string of the molecule is CC1(C)C(O)CC1NC1CCN2CCC1C2. The number of fused-ring (bicyclic) bond motifs is 2. The van der Waals surface area contributed by atoms with Crippen molar-refractivity contribution in [3.05, 3.63) is 0 Å². The summed E-state index contributed by atoms with van der Waals surface area (Å²) in [5, 5.41) is 13.6. The third-order valence-electron chi connectivity index (χ3n) is 5.27. The van der Waals surface area contributed by atoms with E-state index in [4.69, 9.17) is 0 Å². The van der Waals surface area contributed by atoms with Crippen molar-refractivity contribution in [3.8, 4) is 0 Å². The predicted octanol–water partition coefficient (Wildman–Crippen LogP) is 0.830. The van der Waals surface area contributed by atoms with Crippen molar-refractivity contribution in [2.24, 2.45) is 11.3 Å². The van der Waals surface area contributed by atoms with Crippen molar-refractivity contribution in [1.29, 1.82) is 0 Å². The van der Waals surface area contributed by atoms with Crippen LogP contribution in [0.1, 0.15) is 33.1 Å². The fraction of sp³-hybridized carbons (Fsp3) is 1.00. The molecule has 3 heteroatoms. The number of hydrogen-bond acceptors (Lipinski definition) is 3. The first-order valence-electron chi connectivity index (χ1n) is 6.74. The minimum absolute atomic E-state index is 0.0791. The number of hydrogen-bond donors (Lipinski definition) is 2. The van der Waals surface area contributed by atoms with Crippen LogP contribution in [0.25, 0.3) is 0 Å². The molecule has 0 amide bonds. The molecule has 2 bridgehead atoms. The van der Waals surface area contributed by atoms with Crippen LogP contribution in [0.4, 0.5) is 0 Å². The second-order valence-electron chi connectivity index (χ2n) is 6.54. The lowest BCUT2D eigenvalue weighted by Crippen LogP contribution is -2.63. The van der Waals surface area contributed by atoms with Gasteiger partial charge in [-0.3, -0.25) is 0 Å². The summed E-state index contributed by atoms with van der Waals surface area (Å²) in [5.74, 6) is 0.863. The molecule has 2 saturated heterocycles. The van der Waals surface area contributed by atoms with E-state index in [1.54, 1.807) is 0 Å². The first-order chi connectivity index (χ1) is 7.57. The highest BCUT2D eigenvalue weighted by molar-refractivity contribution is 5.04. The number of nitrogens with one attached hydrogen (secondary N) is 1. The molecule has 3 rings (SSSR count). The number of rotatable bonds is 2. The van der Waals surface area contributed by atoms with Gasteiger partial charge in [-0.05, 0) is 38.3 Å². The van der Waals surface area contributed by atoms with Crippen LogP contribution in [0.3, 0.4) is 0 Å². The van der Waals surface area contributed by atoms with Crippen LogP contribution in [0.5, 0.6) is 0 Å². The van der Waals surface area contributed by atoms with Gasteiger partial charge in [0.2, 0.25) is 0 Å². The van der Waals surface area contributed by atoms with E-state index in [9.17, 15) is 5.11 Å². The monoisotopic (exact) mass is 224 g/mol. The first-order valence-corrected chi connectivity index (χ1v) is 6.74. The Balaban J connectivity index is 1.59. The van der Waals surface area contributed by atoms with Gasteiger partial charge in [-0.25, -0.2) is 0 Å². The summed E-state index contributed by atoms with van der Waals surface area (Å²) in [6, 6.07) is 1.23. The second-order valence-corrected chi connectivity index (χ2v) is 6.54. The lowest BCUT2D eigenvalue weighted by Gasteiger charge is -2.52. The molecule has 2 heterocycles. The highest BCUT2D eigenvalue weighted by Gasteiger charge is 2.48. The molecule has 1 aliphatic carbocycles. The van der Waals surface area contributed by atoms with E-state index in [1.165, 1.54) is 32.5 Å². The van der Waals surface area contributed by atoms with Crippen molar-refractivity contribution >= 4 is 0 Å². The average Bonchev–Trinajstić information content (AvgIpc) is 2.64. The smallest absolute Gasteiger partial charge is 0.0621 e. The maximum atomic E-state index is 9.76. The van der Waals surface area contributed by atoms with Gasteiger partial charge in [-0.2, -0.15) is 0 Å². The average molecular weight is 224 g/mol. The standard InChI is InChI=1S/C13H24N2O/c1-13(2)11(7-12(13)16)14-10-4-6-15-5-3-9(10)8-15/h9-12,14,16H,3-8H2,1-2H3. The summed E-state index contributed by atoms with van der Waals surface area (Å²) in [6.07, 6.45) is 3.51. The van der Waals surface area contributed by atoms with Gasteiger partial charge >= 0.3 is 0 Å². The van der Waals surface area contributed by atoms with E-state index in [0.717, 1.165) is 12.3 Å². The van der Waals surface area contributed by atoms with Gasteiger partial charge in [0.15, 0.2) is 0 Å². The molecule has 1 saturated carbocycles. The van der Waals surface area contributed by atoms with Gasteiger partial charge in [0.1, 0.15) is 0 Å². The summed E-state index contributed by atoms with van der Waals surface area (Å²) >= 11 is 0. The second kappa shape index (κ2) is 3.69. The van der Waals surface area contributed by atoms with Crippen molar-refractivity contribution in [2.75, 3.05) is 19.6 Å². The number of nitrogens with zero attached hydrogens (tertiary/aromatic N) is 1. The van der Waals surface area contributed by atoms with Crippen LogP contribution < -0.4 is 5.32 Å². The minimum Gasteiger partial charge on any atom is -0.392 e. The quantitative estimate of drug-likeness (QED) is 0.729. The van der Waals surface area contributed by atoms with Crippen LogP contribution >= 0.6 is 0 Å². The van der Waals surface area contributed by atoms with E-state index in [1.807, 2.05) is 0 Å². The van der Waals surface area contributed by atoms with Crippen LogP contribution in [-0.2, 0) is 0 Å². The molecular weight excluding hydrogens is 200 g/mol. The van der Waals surface area contributed by atoms with E-state index in [0.29, 0.717) is 12.1 Å². The third kappa shape index (κ3) is 1.60. The molecule has 0 aromatic heterocycles. The summed E-state index contributed by atoms with van der Waals surface area (Å²) in [7, 11) is 0. The van der Waals surface area contributed by atoms with Crippen LogP contribution in [0.2, 0.25) is 0 Å². The Morgan fingerprint density at radius 1 is 1.25 bits per heavy atom. The van der Waals surface area contributed by atoms with Crippen LogP contribution in [0, 0.1) is 11.3 Å². The molecule has 92 valence electrons. The minimum atomic E-state index is -0.103. The fourth-order valence-electron chi connectivity index (χ4n) is 3.61. The van der Waals surface area contributed by atoms with Crippen molar-refractivity contribution in [3.63, 3.8) is 0 Å². The topological polar surface area (TPSA) is 35.5 Å². The largest absolute Gasteiger partial charge is 0.392 e. The summed E-state index contributed by atoms with van der Waals surface area (Å²) in [6.45, 7) is 8.24. The van der Waals surface area contributed by atoms with Crippen molar-refractivity contribution < 1.29 is 5.11 Å². The molecule has 0 aromatic rings. The van der Waals surface area contributed by atoms with E-state index in [-0.39, 0.29) is 11.5 Å². The molecular formula is C13H24N2O. The maximum Gasteiger partial charge on any atom is 0.0621 e. The molecule has 3 nitrogen and oxygen atoms in total. The molecule has 16 heavy (non-hydrogen) atoms. The maximum absolute atomic E-state index is 9.76. The summed E-state index contributed by atoms with van der Waals surface area (Å²) in [5.41, 5.74) is 0.0791. The van der Waals surface area contributed by atoms with Crippen LogP contribution in [-0.4, -0.2) is 47.8 Å². The van der Waals surface area contributed by atoms with Gasteiger partial charge in [0.05, 0.1) is 6.10 Å². The van der Waals surface area contributed by atoms with Crippen LogP contribution in [0.15, 0.2) is 0 Å². The molecule has 5 unspecified atom stereocenters. The first kappa shape index (κ1) is 11.0. The molecule has 2 N–H and O–H groups in total. The van der Waals surface area contributed by atoms with Gasteiger partial charge in [-0.1, -0.05) is 13.8 Å². The zero-order valence-corrected chi connectivity index (χ0v) is 10.4. The Labute approximate surface area is 98.2 Å². The van der Waals surface area contributed by atoms with Gasteiger partial charge < -0.3 is 15.3 Å². The molecule has 0 spiro atoms. The molecule has 3 aliphatic rings. The van der Waals surface area contributed by atoms with E-state index >= 15 is 0 Å². The van der Waals surface area contributed by atoms with Crippen molar-refractivity contribution in [1.82, 2.24) is 10.2 Å². The normalized spacial score (nSPS) is 50.1. The zero-order valence-electron chi connectivity index (χ0n) is 10.4. The fourth-order valence-corrected chi connectivity index (χ4v) is 3.61. The lowest BCUT2D eigenvalue weighted by atomic mass is 9.64. The lowest BCUT2D eigenvalue weighted by molar-refractivity contribution is -0.0790. The number of aliphatic hydroxyl groups is 1. The Morgan fingerprint density at radius 2 is 2.00 bits per heavy atom. The summed E-state index contributed by atoms with van der Waals surface area (Å²) < 4.78 is 0. The highest BCUT2D eigenvalue weighted by atomic mass is 16.3. The van der Waals surface area contributed by atoms with Gasteiger partial charge in [0.25, 0.3) is 0 Å². The molecule has 0 radical (unpaired) electrons. The Morgan fingerprint density at radius 3 is 2.69 bits per heavy atom.